The van der Waals surface area contributed by atoms with Crippen LogP contribution in [0.2, 0.25) is 0 Å². The van der Waals surface area contributed by atoms with Gasteiger partial charge in [-0.3, -0.25) is 0 Å². The van der Waals surface area contributed by atoms with Crippen LogP contribution in [0.3, 0.4) is 0 Å². The first-order chi connectivity index (χ1) is 7.74. The Labute approximate surface area is 103 Å². The van der Waals surface area contributed by atoms with E-state index in [0.717, 1.165) is 11.8 Å². The van der Waals surface area contributed by atoms with Crippen LogP contribution in [0, 0.1) is 11.8 Å². The summed E-state index contributed by atoms with van der Waals surface area (Å²) in [6.07, 6.45) is 2.92. The molecule has 2 bridgehead atoms. The van der Waals surface area contributed by atoms with Crippen molar-refractivity contribution < 1.29 is 0 Å². The summed E-state index contributed by atoms with van der Waals surface area (Å²) < 4.78 is 0. The molecule has 2 heteroatoms. The van der Waals surface area contributed by atoms with Crippen LogP contribution in [0.15, 0.2) is 0 Å². The number of hydrogen-bond donors (Lipinski definition) is 0. The van der Waals surface area contributed by atoms with Gasteiger partial charge in [0.25, 0.3) is 0 Å². The molecule has 2 fully saturated rings. The van der Waals surface area contributed by atoms with Crippen molar-refractivity contribution in [1.82, 2.24) is 9.80 Å². The summed E-state index contributed by atoms with van der Waals surface area (Å²) in [7, 11) is 4.55. The molecule has 0 atom stereocenters. The fourth-order valence-electron chi connectivity index (χ4n) is 2.86. The first kappa shape index (κ1) is 15.9. The van der Waals surface area contributed by atoms with E-state index in [9.17, 15) is 0 Å². The Bertz CT molecular complexity index is 129. The van der Waals surface area contributed by atoms with E-state index in [1.807, 2.05) is 27.7 Å². The Morgan fingerprint density at radius 3 is 1.12 bits per heavy atom. The molecule has 2 aliphatic rings. The van der Waals surface area contributed by atoms with Crippen LogP contribution in [0.25, 0.3) is 0 Å². The van der Waals surface area contributed by atoms with E-state index >= 15 is 0 Å². The van der Waals surface area contributed by atoms with Gasteiger partial charge in [0.1, 0.15) is 0 Å². The van der Waals surface area contributed by atoms with Gasteiger partial charge in [-0.1, -0.05) is 27.7 Å². The molecule has 2 rings (SSSR count). The number of rotatable bonds is 0. The van der Waals surface area contributed by atoms with Crippen molar-refractivity contribution in [2.45, 2.75) is 40.5 Å². The Balaban J connectivity index is 0.000000509. The van der Waals surface area contributed by atoms with Gasteiger partial charge in [-0.2, -0.15) is 0 Å². The Morgan fingerprint density at radius 2 is 0.875 bits per heavy atom. The van der Waals surface area contributed by atoms with Crippen LogP contribution < -0.4 is 0 Å². The molecule has 2 saturated heterocycles. The van der Waals surface area contributed by atoms with Gasteiger partial charge >= 0.3 is 0 Å². The van der Waals surface area contributed by atoms with Gasteiger partial charge in [0.05, 0.1) is 0 Å². The minimum Gasteiger partial charge on any atom is -0.306 e. The molecule has 0 spiro atoms. The monoisotopic (exact) mass is 228 g/mol. The second kappa shape index (κ2) is 9.00. The van der Waals surface area contributed by atoms with Gasteiger partial charge in [0, 0.05) is 26.2 Å². The third-order valence-electron chi connectivity index (χ3n) is 3.26. The summed E-state index contributed by atoms with van der Waals surface area (Å²) in [5, 5.41) is 0. The first-order valence-electron chi connectivity index (χ1n) is 7.11. The summed E-state index contributed by atoms with van der Waals surface area (Å²) in [4.78, 5) is 5.05. The Kier molecular flexibility index (Phi) is 8.96. The average molecular weight is 228 g/mol. The van der Waals surface area contributed by atoms with E-state index in [0.29, 0.717) is 0 Å². The first-order valence-corrected chi connectivity index (χ1v) is 7.11. The second-order valence-corrected chi connectivity index (χ2v) is 4.75. The molecule has 0 aromatic carbocycles. The van der Waals surface area contributed by atoms with Crippen molar-refractivity contribution in [3.05, 3.63) is 0 Å². The molecule has 0 saturated carbocycles. The molecule has 0 amide bonds. The van der Waals surface area contributed by atoms with Crippen molar-refractivity contribution in [2.24, 2.45) is 11.8 Å². The standard InChI is InChI=1S/C10H20N2.2C2H6/c1-11-5-9-3-4-10(6-11)8-12(2)7-9;2*1-2/h9-10H,3-8H2,1-2H3;2*1-2H3. The quantitative estimate of drug-likeness (QED) is 0.629. The molecule has 0 aromatic heterocycles. The second-order valence-electron chi connectivity index (χ2n) is 4.75. The third kappa shape index (κ3) is 5.31. The van der Waals surface area contributed by atoms with Crippen molar-refractivity contribution in [3.8, 4) is 0 Å². The molecular formula is C14H32N2. The summed E-state index contributed by atoms with van der Waals surface area (Å²) >= 11 is 0. The van der Waals surface area contributed by atoms with Crippen molar-refractivity contribution in [3.63, 3.8) is 0 Å². The molecule has 16 heavy (non-hydrogen) atoms. The van der Waals surface area contributed by atoms with Gasteiger partial charge < -0.3 is 9.80 Å². The van der Waals surface area contributed by atoms with Crippen molar-refractivity contribution in [1.29, 1.82) is 0 Å². The minimum absolute atomic E-state index is 0.937. The zero-order chi connectivity index (χ0) is 12.6. The normalized spacial score (nSPS) is 30.4. The van der Waals surface area contributed by atoms with E-state index in [1.165, 1.54) is 39.0 Å². The molecular weight excluding hydrogens is 196 g/mol. The number of hydrogen-bond acceptors (Lipinski definition) is 2. The molecule has 2 aliphatic heterocycles. The molecule has 0 aliphatic carbocycles. The highest BCUT2D eigenvalue weighted by molar-refractivity contribution is 4.81. The average Bonchev–Trinajstić information content (AvgIpc) is 2.54. The van der Waals surface area contributed by atoms with Gasteiger partial charge in [-0.15, -0.1) is 0 Å². The highest BCUT2D eigenvalue weighted by Gasteiger charge is 2.27. The maximum atomic E-state index is 2.52. The molecule has 2 heterocycles. The smallest absolute Gasteiger partial charge is 0.00190 e. The maximum absolute atomic E-state index is 2.52. The van der Waals surface area contributed by atoms with Gasteiger partial charge in [-0.25, -0.2) is 0 Å². The van der Waals surface area contributed by atoms with Crippen molar-refractivity contribution in [2.75, 3.05) is 40.3 Å². The zero-order valence-electron chi connectivity index (χ0n) is 12.3. The third-order valence-corrected chi connectivity index (χ3v) is 3.26. The van der Waals surface area contributed by atoms with Crippen LogP contribution >= 0.6 is 0 Å². The lowest BCUT2D eigenvalue weighted by Gasteiger charge is -2.30. The lowest BCUT2D eigenvalue weighted by molar-refractivity contribution is 0.172. The predicted octanol–water partition coefficient (Wildman–Crippen LogP) is 2.94. The van der Waals surface area contributed by atoms with Crippen LogP contribution in [0.5, 0.6) is 0 Å². The fraction of sp³-hybridized carbons (Fsp3) is 1.00. The highest BCUT2D eigenvalue weighted by Crippen LogP contribution is 2.25. The van der Waals surface area contributed by atoms with Gasteiger partial charge in [0.15, 0.2) is 0 Å². The number of nitrogens with zero attached hydrogens (tertiary/aromatic N) is 2. The highest BCUT2D eigenvalue weighted by atomic mass is 15.2. The SMILES string of the molecule is CC.CC.CN1CC2CCC(C1)CN(C)C2. The number of fused-ring (bicyclic) bond motifs is 3. The largest absolute Gasteiger partial charge is 0.306 e. The van der Waals surface area contributed by atoms with E-state index < -0.39 is 0 Å². The summed E-state index contributed by atoms with van der Waals surface area (Å²) in [6.45, 7) is 13.3. The Hall–Kier alpha value is -0.0800. The zero-order valence-corrected chi connectivity index (χ0v) is 12.3. The minimum atomic E-state index is 0.937. The topological polar surface area (TPSA) is 6.48 Å². The summed E-state index contributed by atoms with van der Waals surface area (Å²) in [6, 6.07) is 0. The van der Waals surface area contributed by atoms with Crippen LogP contribution in [-0.2, 0) is 0 Å². The molecule has 0 unspecified atom stereocenters. The molecule has 0 N–H and O–H groups in total. The maximum Gasteiger partial charge on any atom is 0.00190 e. The van der Waals surface area contributed by atoms with Crippen molar-refractivity contribution >= 4 is 0 Å². The lowest BCUT2D eigenvalue weighted by Crippen LogP contribution is -2.39. The lowest BCUT2D eigenvalue weighted by atomic mass is 10.0. The van der Waals surface area contributed by atoms with Crippen LogP contribution in [0.1, 0.15) is 40.5 Å². The fourth-order valence-corrected chi connectivity index (χ4v) is 2.86. The molecule has 98 valence electrons. The van der Waals surface area contributed by atoms with E-state index in [1.54, 1.807) is 0 Å². The number of likely N-dealkylation sites (tertiary alicyclic amines) is 2. The van der Waals surface area contributed by atoms with Crippen LogP contribution in [0.4, 0.5) is 0 Å². The van der Waals surface area contributed by atoms with Gasteiger partial charge in [0.2, 0.25) is 0 Å². The van der Waals surface area contributed by atoms with Crippen LogP contribution in [-0.4, -0.2) is 50.1 Å². The summed E-state index contributed by atoms with van der Waals surface area (Å²) in [5.74, 6) is 1.87. The van der Waals surface area contributed by atoms with E-state index in [-0.39, 0.29) is 0 Å². The summed E-state index contributed by atoms with van der Waals surface area (Å²) in [5.41, 5.74) is 0. The predicted molar refractivity (Wildman–Crippen MR) is 73.9 cm³/mol. The van der Waals surface area contributed by atoms with E-state index in [2.05, 4.69) is 23.9 Å². The van der Waals surface area contributed by atoms with Gasteiger partial charge in [-0.05, 0) is 38.8 Å². The van der Waals surface area contributed by atoms with E-state index in [4.69, 9.17) is 0 Å². The molecule has 0 aromatic rings. The molecule has 0 radical (unpaired) electrons. The Morgan fingerprint density at radius 1 is 0.625 bits per heavy atom. The molecule has 2 nitrogen and oxygen atoms in total.